The number of rotatable bonds is 8. The fourth-order valence-electron chi connectivity index (χ4n) is 2.79. The maximum absolute atomic E-state index is 12.1. The van der Waals surface area contributed by atoms with E-state index in [0.29, 0.717) is 23.4 Å². The predicted molar refractivity (Wildman–Crippen MR) is 87.8 cm³/mol. The van der Waals surface area contributed by atoms with Crippen molar-refractivity contribution in [3.63, 3.8) is 0 Å². The molecule has 2 aliphatic carbocycles. The van der Waals surface area contributed by atoms with E-state index in [1.165, 1.54) is 37.4 Å². The van der Waals surface area contributed by atoms with Crippen LogP contribution >= 0.6 is 11.8 Å². The molecule has 2 aliphatic rings. The second-order valence-corrected chi connectivity index (χ2v) is 9.29. The molecule has 21 heavy (non-hydrogen) atoms. The molecule has 0 spiro atoms. The van der Waals surface area contributed by atoms with Crippen molar-refractivity contribution >= 4 is 27.5 Å². The van der Waals surface area contributed by atoms with E-state index in [4.69, 9.17) is 5.73 Å². The highest BCUT2D eigenvalue weighted by Crippen LogP contribution is 2.60. The average molecular weight is 326 g/mol. The molecular weight excluding hydrogens is 304 g/mol. The van der Waals surface area contributed by atoms with Crippen LogP contribution in [0.25, 0.3) is 0 Å². The Hall–Kier alpha value is -0.720. The largest absolute Gasteiger partial charge is 0.399 e. The number of sulfonamides is 1. The summed E-state index contributed by atoms with van der Waals surface area (Å²) in [5.41, 5.74) is 6.73. The summed E-state index contributed by atoms with van der Waals surface area (Å²) in [6, 6.07) is 7.54. The van der Waals surface area contributed by atoms with Gasteiger partial charge in [0.25, 0.3) is 0 Å². The Labute approximate surface area is 130 Å². The van der Waals surface area contributed by atoms with E-state index in [0.717, 1.165) is 10.8 Å². The molecule has 116 valence electrons. The molecule has 1 aromatic carbocycles. The number of hydrogen-bond donors (Lipinski definition) is 2. The van der Waals surface area contributed by atoms with Crippen LogP contribution in [0.15, 0.2) is 29.2 Å². The Morgan fingerprint density at radius 3 is 2.71 bits per heavy atom. The van der Waals surface area contributed by atoms with E-state index in [1.54, 1.807) is 0 Å². The van der Waals surface area contributed by atoms with Crippen LogP contribution in [0.1, 0.15) is 25.7 Å². The van der Waals surface area contributed by atoms with E-state index in [-0.39, 0.29) is 5.75 Å². The molecule has 0 bridgehead atoms. The van der Waals surface area contributed by atoms with E-state index < -0.39 is 10.0 Å². The first kappa shape index (κ1) is 15.2. The summed E-state index contributed by atoms with van der Waals surface area (Å²) in [5, 5.41) is 0. The maximum atomic E-state index is 12.1. The smallest absolute Gasteiger partial charge is 0.212 e. The molecule has 3 rings (SSSR count). The number of nitrogens with two attached hydrogens (primary N) is 1. The second-order valence-electron chi connectivity index (χ2n) is 6.20. The zero-order valence-corrected chi connectivity index (χ0v) is 13.7. The first-order valence-corrected chi connectivity index (χ1v) is 10.1. The number of anilines is 1. The van der Waals surface area contributed by atoms with Crippen molar-refractivity contribution in [1.29, 1.82) is 0 Å². The lowest BCUT2D eigenvalue weighted by Gasteiger charge is -2.15. The van der Waals surface area contributed by atoms with Crippen LogP contribution < -0.4 is 10.5 Å². The van der Waals surface area contributed by atoms with E-state index >= 15 is 0 Å². The fraction of sp³-hybridized carbons (Fsp3) is 0.600. The Balaban J connectivity index is 1.43. The predicted octanol–water partition coefficient (Wildman–Crippen LogP) is 2.47. The van der Waals surface area contributed by atoms with Crippen LogP contribution in [-0.4, -0.2) is 26.5 Å². The van der Waals surface area contributed by atoms with Crippen molar-refractivity contribution in [2.75, 3.05) is 23.8 Å². The van der Waals surface area contributed by atoms with Crippen LogP contribution in [0, 0.1) is 11.3 Å². The first-order chi connectivity index (χ1) is 9.99. The molecule has 2 fully saturated rings. The molecule has 2 saturated carbocycles. The van der Waals surface area contributed by atoms with Gasteiger partial charge in [0.15, 0.2) is 0 Å². The molecular formula is C15H22N2O2S2. The summed E-state index contributed by atoms with van der Waals surface area (Å²) < 4.78 is 26.9. The van der Waals surface area contributed by atoms with Crippen LogP contribution in [0.3, 0.4) is 0 Å². The molecule has 0 atom stereocenters. The number of hydrogen-bond acceptors (Lipinski definition) is 4. The summed E-state index contributed by atoms with van der Waals surface area (Å²) >= 11 is 1.53. The number of nitrogen functional groups attached to an aromatic ring is 1. The van der Waals surface area contributed by atoms with Crippen molar-refractivity contribution < 1.29 is 8.42 Å². The van der Waals surface area contributed by atoms with Gasteiger partial charge in [0.05, 0.1) is 5.75 Å². The van der Waals surface area contributed by atoms with Gasteiger partial charge in [-0.2, -0.15) is 0 Å². The first-order valence-electron chi connectivity index (χ1n) is 7.45. The third-order valence-electron chi connectivity index (χ3n) is 4.46. The van der Waals surface area contributed by atoms with Gasteiger partial charge in [0, 0.05) is 22.9 Å². The minimum Gasteiger partial charge on any atom is -0.399 e. The Kier molecular flexibility index (Phi) is 4.21. The summed E-state index contributed by atoms with van der Waals surface area (Å²) in [5.74, 6) is 1.49. The third-order valence-corrected chi connectivity index (χ3v) is 7.04. The van der Waals surface area contributed by atoms with Crippen molar-refractivity contribution in [3.8, 4) is 0 Å². The van der Waals surface area contributed by atoms with Crippen molar-refractivity contribution in [2.45, 2.75) is 30.6 Å². The molecule has 4 nitrogen and oxygen atoms in total. The molecule has 1 aromatic rings. The Morgan fingerprint density at radius 1 is 1.33 bits per heavy atom. The topological polar surface area (TPSA) is 72.2 Å². The zero-order valence-electron chi connectivity index (χ0n) is 12.0. The summed E-state index contributed by atoms with van der Waals surface area (Å²) in [4.78, 5) is 1.02. The van der Waals surface area contributed by atoms with Gasteiger partial charge in [-0.05, 0) is 55.2 Å². The molecule has 0 aromatic heterocycles. The molecule has 0 radical (unpaired) electrons. The van der Waals surface area contributed by atoms with Gasteiger partial charge in [-0.1, -0.05) is 6.07 Å². The van der Waals surface area contributed by atoms with Gasteiger partial charge >= 0.3 is 0 Å². The van der Waals surface area contributed by atoms with E-state index in [9.17, 15) is 8.42 Å². The third kappa shape index (κ3) is 4.14. The molecule has 0 amide bonds. The van der Waals surface area contributed by atoms with Crippen molar-refractivity contribution in [3.05, 3.63) is 24.3 Å². The quantitative estimate of drug-likeness (QED) is 0.568. The van der Waals surface area contributed by atoms with Crippen LogP contribution in [0.4, 0.5) is 5.69 Å². The molecule has 0 aliphatic heterocycles. The molecule has 3 N–H and O–H groups in total. The van der Waals surface area contributed by atoms with Crippen LogP contribution in [0.5, 0.6) is 0 Å². The van der Waals surface area contributed by atoms with Crippen molar-refractivity contribution in [1.82, 2.24) is 4.72 Å². The van der Waals surface area contributed by atoms with Gasteiger partial charge in [0.1, 0.15) is 0 Å². The van der Waals surface area contributed by atoms with Gasteiger partial charge in [-0.3, -0.25) is 0 Å². The lowest BCUT2D eigenvalue weighted by atomic mass is 10.0. The standard InChI is InChI=1S/C15H22N2O2S2/c16-13-2-1-3-14(10-13)20-8-9-21(18,19)17-11-15(6-7-15)12-4-5-12/h1-3,10,12,17H,4-9,11,16H2. The fourth-order valence-corrected chi connectivity index (χ4v) is 5.28. The highest BCUT2D eigenvalue weighted by atomic mass is 32.2. The highest BCUT2D eigenvalue weighted by molar-refractivity contribution is 8.00. The second kappa shape index (κ2) is 5.82. The van der Waals surface area contributed by atoms with Gasteiger partial charge < -0.3 is 5.73 Å². The monoisotopic (exact) mass is 326 g/mol. The summed E-state index contributed by atoms with van der Waals surface area (Å²) in [7, 11) is -3.16. The average Bonchev–Trinajstić information content (AvgIpc) is 3.28. The summed E-state index contributed by atoms with van der Waals surface area (Å²) in [6.07, 6.45) is 4.95. The molecule has 0 unspecified atom stereocenters. The Bertz CT molecular complexity index is 608. The zero-order chi connectivity index (χ0) is 14.9. The number of nitrogens with one attached hydrogen (secondary N) is 1. The van der Waals surface area contributed by atoms with Crippen LogP contribution in [0.2, 0.25) is 0 Å². The lowest BCUT2D eigenvalue weighted by molar-refractivity contribution is 0.432. The van der Waals surface area contributed by atoms with Crippen LogP contribution in [-0.2, 0) is 10.0 Å². The molecule has 0 saturated heterocycles. The van der Waals surface area contributed by atoms with E-state index in [1.807, 2.05) is 24.3 Å². The molecule has 0 heterocycles. The van der Waals surface area contributed by atoms with Gasteiger partial charge in [0.2, 0.25) is 10.0 Å². The SMILES string of the molecule is Nc1cccc(SCCS(=O)(=O)NCC2(C3CC3)CC2)c1. The number of thioether (sulfide) groups is 1. The van der Waals surface area contributed by atoms with Gasteiger partial charge in [-0.15, -0.1) is 11.8 Å². The highest BCUT2D eigenvalue weighted by Gasteiger charge is 2.53. The minimum atomic E-state index is -3.16. The summed E-state index contributed by atoms with van der Waals surface area (Å²) in [6.45, 7) is 0.642. The Morgan fingerprint density at radius 2 is 2.10 bits per heavy atom. The molecule has 6 heteroatoms. The maximum Gasteiger partial charge on any atom is 0.212 e. The minimum absolute atomic E-state index is 0.160. The number of benzene rings is 1. The van der Waals surface area contributed by atoms with E-state index in [2.05, 4.69) is 4.72 Å². The normalized spacial score (nSPS) is 20.4. The van der Waals surface area contributed by atoms with Gasteiger partial charge in [-0.25, -0.2) is 13.1 Å². The van der Waals surface area contributed by atoms with Crippen molar-refractivity contribution in [2.24, 2.45) is 11.3 Å². The lowest BCUT2D eigenvalue weighted by Crippen LogP contribution is -2.33.